The number of carbonyl (C=O) groups is 1. The minimum Gasteiger partial charge on any atom is -0.508 e. The number of hydrogen-bond donors (Lipinski definition) is 2. The number of likely N-dealkylation sites (tertiary alicyclic amines) is 1. The normalized spacial score (nSPS) is 27.7. The summed E-state index contributed by atoms with van der Waals surface area (Å²) >= 11 is 0. The van der Waals surface area contributed by atoms with Gasteiger partial charge in [0, 0.05) is 6.04 Å². The molecule has 1 aliphatic heterocycles. The van der Waals surface area contributed by atoms with Crippen LogP contribution in [0.25, 0.3) is 0 Å². The molecule has 5 heteroatoms. The van der Waals surface area contributed by atoms with Crippen LogP contribution < -0.4 is 0 Å². The summed E-state index contributed by atoms with van der Waals surface area (Å²) in [4.78, 5) is 14.4. The predicted molar refractivity (Wildman–Crippen MR) is 115 cm³/mol. The number of halogens is 1. The molecule has 1 aromatic carbocycles. The molecule has 1 saturated heterocycles. The van der Waals surface area contributed by atoms with Gasteiger partial charge in [0.1, 0.15) is 5.75 Å². The molecule has 2 aliphatic rings. The van der Waals surface area contributed by atoms with E-state index in [0.29, 0.717) is 23.5 Å². The summed E-state index contributed by atoms with van der Waals surface area (Å²) in [6.45, 7) is 6.43. The number of aromatic hydroxyl groups is 1. The fraction of sp³-hybridized carbons (Fsp3) is 0.696. The van der Waals surface area contributed by atoms with E-state index in [1.54, 1.807) is 6.07 Å². The Hall–Kier alpha value is -1.26. The molecule has 0 bridgehead atoms. The Morgan fingerprint density at radius 1 is 1.18 bits per heavy atom. The molecule has 1 aromatic rings. The quantitative estimate of drug-likeness (QED) is 0.650. The number of benzene rings is 1. The highest BCUT2D eigenvalue weighted by atomic mass is 35.5. The minimum atomic E-state index is -0.616. The van der Waals surface area contributed by atoms with Crippen molar-refractivity contribution < 1.29 is 15.0 Å². The first-order chi connectivity index (χ1) is 13.0. The molecular weight excluding hydrogens is 374 g/mol. The highest BCUT2D eigenvalue weighted by molar-refractivity contribution is 5.85. The van der Waals surface area contributed by atoms with Gasteiger partial charge in [0.05, 0.1) is 5.92 Å². The third kappa shape index (κ3) is 5.42. The molecule has 2 N–H and O–H groups in total. The first-order valence-corrected chi connectivity index (χ1v) is 10.7. The van der Waals surface area contributed by atoms with Crippen molar-refractivity contribution in [2.45, 2.75) is 64.8 Å². The Morgan fingerprint density at radius 3 is 2.54 bits per heavy atom. The molecule has 1 saturated carbocycles. The van der Waals surface area contributed by atoms with Crippen LogP contribution in [0, 0.1) is 23.7 Å². The Morgan fingerprint density at radius 2 is 1.89 bits per heavy atom. The number of hydrogen-bond acceptors (Lipinski definition) is 3. The van der Waals surface area contributed by atoms with Gasteiger partial charge < -0.3 is 10.2 Å². The van der Waals surface area contributed by atoms with E-state index in [2.05, 4.69) is 24.8 Å². The number of phenolic OH excluding ortho intramolecular Hbond substituents is 1. The fourth-order valence-electron chi connectivity index (χ4n) is 5.29. The number of phenols is 1. The summed E-state index contributed by atoms with van der Waals surface area (Å²) in [7, 11) is 0. The van der Waals surface area contributed by atoms with Crippen molar-refractivity contribution in [3.05, 3.63) is 29.8 Å². The summed E-state index contributed by atoms with van der Waals surface area (Å²) in [5.74, 6) is 0.930. The number of piperidine rings is 1. The van der Waals surface area contributed by atoms with Crippen LogP contribution in [0.4, 0.5) is 0 Å². The standard InChI is InChI=1S/C23H35NO3.ClH/c1-16-11-13-24(22(17(16)2)19-9-6-10-20(25)15-19)14-12-21(23(26)27)18-7-4-3-5-8-18;/h6,9-10,15-18,21-22,25H,3-5,7-8,11-14H2,1-2H3,(H,26,27);1H/t16?,17-,21?,22-;/m0./s1. The van der Waals surface area contributed by atoms with Crippen LogP contribution in [0.3, 0.4) is 0 Å². The van der Waals surface area contributed by atoms with Gasteiger partial charge in [-0.05, 0) is 74.2 Å². The maximum atomic E-state index is 11.9. The number of carboxylic acids is 1. The average molecular weight is 410 g/mol. The lowest BCUT2D eigenvalue weighted by molar-refractivity contribution is -0.144. The predicted octanol–water partition coefficient (Wildman–Crippen LogP) is 5.50. The molecule has 3 rings (SSSR count). The van der Waals surface area contributed by atoms with Gasteiger partial charge in [-0.25, -0.2) is 0 Å². The summed E-state index contributed by atoms with van der Waals surface area (Å²) in [6, 6.07) is 7.86. The summed E-state index contributed by atoms with van der Waals surface area (Å²) in [6.07, 6.45) is 7.63. The number of nitrogens with zero attached hydrogens (tertiary/aromatic N) is 1. The fourth-order valence-corrected chi connectivity index (χ4v) is 5.29. The Labute approximate surface area is 175 Å². The Bertz CT molecular complexity index is 632. The third-order valence-electron chi connectivity index (χ3n) is 7.14. The van der Waals surface area contributed by atoms with Crippen molar-refractivity contribution in [1.29, 1.82) is 0 Å². The van der Waals surface area contributed by atoms with Crippen molar-refractivity contribution in [3.63, 3.8) is 0 Å². The van der Waals surface area contributed by atoms with Gasteiger partial charge in [0.15, 0.2) is 0 Å². The highest BCUT2D eigenvalue weighted by Gasteiger charge is 2.36. The molecule has 0 amide bonds. The van der Waals surface area contributed by atoms with Crippen LogP contribution >= 0.6 is 12.4 Å². The lowest BCUT2D eigenvalue weighted by Gasteiger charge is -2.44. The van der Waals surface area contributed by atoms with E-state index in [0.717, 1.165) is 44.3 Å². The smallest absolute Gasteiger partial charge is 0.306 e. The van der Waals surface area contributed by atoms with Gasteiger partial charge in [-0.2, -0.15) is 0 Å². The maximum absolute atomic E-state index is 11.9. The van der Waals surface area contributed by atoms with Crippen molar-refractivity contribution in [3.8, 4) is 5.75 Å². The van der Waals surface area contributed by atoms with Crippen molar-refractivity contribution in [2.24, 2.45) is 23.7 Å². The largest absolute Gasteiger partial charge is 0.508 e. The lowest BCUT2D eigenvalue weighted by atomic mass is 9.77. The Kier molecular flexibility index (Phi) is 8.63. The summed E-state index contributed by atoms with van der Waals surface area (Å²) in [5, 5.41) is 19.8. The van der Waals surface area contributed by atoms with Crippen LogP contribution in [0.5, 0.6) is 5.75 Å². The first-order valence-electron chi connectivity index (χ1n) is 10.7. The zero-order valence-electron chi connectivity index (χ0n) is 17.2. The van der Waals surface area contributed by atoms with Crippen LogP contribution in [-0.4, -0.2) is 34.2 Å². The highest BCUT2D eigenvalue weighted by Crippen LogP contribution is 2.41. The van der Waals surface area contributed by atoms with Crippen molar-refractivity contribution in [2.75, 3.05) is 13.1 Å². The van der Waals surface area contributed by atoms with Gasteiger partial charge in [-0.1, -0.05) is 45.2 Å². The monoisotopic (exact) mass is 409 g/mol. The van der Waals surface area contributed by atoms with E-state index in [9.17, 15) is 15.0 Å². The molecule has 158 valence electrons. The second kappa shape index (κ2) is 10.5. The SMILES string of the molecule is CC1CCN(CCC(C(=O)O)C2CCCCC2)[C@H](c2cccc(O)c2)[C@H]1C.Cl. The van der Waals surface area contributed by atoms with Gasteiger partial charge in [-0.15, -0.1) is 12.4 Å². The third-order valence-corrected chi connectivity index (χ3v) is 7.14. The lowest BCUT2D eigenvalue weighted by Crippen LogP contribution is -2.43. The second-order valence-electron chi connectivity index (χ2n) is 8.83. The van der Waals surface area contributed by atoms with E-state index in [1.807, 2.05) is 12.1 Å². The van der Waals surface area contributed by atoms with E-state index in [-0.39, 0.29) is 24.4 Å². The molecule has 28 heavy (non-hydrogen) atoms. The van der Waals surface area contributed by atoms with E-state index in [4.69, 9.17) is 0 Å². The summed E-state index contributed by atoms with van der Waals surface area (Å²) in [5.41, 5.74) is 1.15. The number of aliphatic carboxylic acids is 1. The first kappa shape index (κ1) is 23.0. The van der Waals surface area contributed by atoms with Crippen molar-refractivity contribution in [1.82, 2.24) is 4.90 Å². The molecule has 0 aromatic heterocycles. The molecule has 4 atom stereocenters. The molecule has 2 unspecified atom stereocenters. The maximum Gasteiger partial charge on any atom is 0.306 e. The molecule has 0 spiro atoms. The minimum absolute atomic E-state index is 0. The van der Waals surface area contributed by atoms with Crippen LogP contribution in [-0.2, 0) is 4.79 Å². The molecular formula is C23H36ClNO3. The average Bonchev–Trinajstić information content (AvgIpc) is 2.65. The molecule has 0 radical (unpaired) electrons. The second-order valence-corrected chi connectivity index (χ2v) is 8.83. The van der Waals surface area contributed by atoms with Crippen LogP contribution in [0.2, 0.25) is 0 Å². The summed E-state index contributed by atoms with van der Waals surface area (Å²) < 4.78 is 0. The number of rotatable bonds is 6. The van der Waals surface area contributed by atoms with Gasteiger partial charge in [-0.3, -0.25) is 9.69 Å². The van der Waals surface area contributed by atoms with Crippen LogP contribution in [0.15, 0.2) is 24.3 Å². The van der Waals surface area contributed by atoms with E-state index < -0.39 is 5.97 Å². The van der Waals surface area contributed by atoms with Gasteiger partial charge >= 0.3 is 5.97 Å². The van der Waals surface area contributed by atoms with Crippen LogP contribution in [0.1, 0.15) is 70.4 Å². The van der Waals surface area contributed by atoms with Gasteiger partial charge in [0.2, 0.25) is 0 Å². The zero-order valence-corrected chi connectivity index (χ0v) is 18.0. The molecule has 4 nitrogen and oxygen atoms in total. The topological polar surface area (TPSA) is 60.8 Å². The molecule has 1 aliphatic carbocycles. The number of carboxylic acid groups (broad SMARTS) is 1. The van der Waals surface area contributed by atoms with E-state index in [1.165, 1.54) is 19.3 Å². The zero-order chi connectivity index (χ0) is 19.4. The van der Waals surface area contributed by atoms with Gasteiger partial charge in [0.25, 0.3) is 0 Å². The van der Waals surface area contributed by atoms with E-state index >= 15 is 0 Å². The van der Waals surface area contributed by atoms with Crippen molar-refractivity contribution >= 4 is 18.4 Å². The molecule has 1 heterocycles. The molecule has 2 fully saturated rings. The Balaban J connectivity index is 0.00000280.